The summed E-state index contributed by atoms with van der Waals surface area (Å²) in [6.07, 6.45) is 1.01. The van der Waals surface area contributed by atoms with Crippen molar-refractivity contribution < 1.29 is 34.0 Å². The van der Waals surface area contributed by atoms with Gasteiger partial charge in [-0.05, 0) is 35.9 Å². The highest BCUT2D eigenvalue weighted by Gasteiger charge is 2.17. The quantitative estimate of drug-likeness (QED) is 0.283. The van der Waals surface area contributed by atoms with E-state index in [1.165, 1.54) is 45.6 Å². The Bertz CT molecular complexity index is 1100. The van der Waals surface area contributed by atoms with Crippen molar-refractivity contribution in [3.05, 3.63) is 83.4 Å². The van der Waals surface area contributed by atoms with Crippen LogP contribution in [-0.2, 0) is 6.61 Å². The lowest BCUT2D eigenvalue weighted by Crippen LogP contribution is -2.01. The highest BCUT2D eigenvalue weighted by Crippen LogP contribution is 2.39. The predicted octanol–water partition coefficient (Wildman–Crippen LogP) is 4.78. The van der Waals surface area contributed by atoms with Gasteiger partial charge in [-0.1, -0.05) is 30.3 Å². The average molecular weight is 436 g/mol. The first-order valence-corrected chi connectivity index (χ1v) is 9.72. The molecule has 3 aromatic carbocycles. The molecule has 0 heterocycles. The SMILES string of the molecule is COc1cc(/C(O)=C/C(=O)c2cc(OCc3ccccc3)ccc2O)cc(OC)c1OC. The molecule has 0 amide bonds. The molecule has 0 atom stereocenters. The fourth-order valence-corrected chi connectivity index (χ4v) is 3.06. The van der Waals surface area contributed by atoms with E-state index >= 15 is 0 Å². The summed E-state index contributed by atoms with van der Waals surface area (Å²) in [6.45, 7) is 0.311. The van der Waals surface area contributed by atoms with Crippen molar-refractivity contribution in [2.75, 3.05) is 21.3 Å². The van der Waals surface area contributed by atoms with Crippen LogP contribution in [-0.4, -0.2) is 37.3 Å². The molecule has 7 nitrogen and oxygen atoms in total. The van der Waals surface area contributed by atoms with Crippen molar-refractivity contribution in [1.82, 2.24) is 0 Å². The molecular weight excluding hydrogens is 412 g/mol. The van der Waals surface area contributed by atoms with Crippen molar-refractivity contribution in [2.45, 2.75) is 6.61 Å². The second-order valence-corrected chi connectivity index (χ2v) is 6.76. The molecule has 32 heavy (non-hydrogen) atoms. The number of hydrogen-bond donors (Lipinski definition) is 2. The van der Waals surface area contributed by atoms with E-state index in [0.717, 1.165) is 11.6 Å². The second kappa shape index (κ2) is 10.3. The van der Waals surface area contributed by atoms with E-state index in [2.05, 4.69) is 0 Å². The number of allylic oxidation sites excluding steroid dienone is 1. The highest BCUT2D eigenvalue weighted by atomic mass is 16.5. The summed E-state index contributed by atoms with van der Waals surface area (Å²) in [5.74, 6) is 0.274. The molecule has 0 aliphatic carbocycles. The van der Waals surface area contributed by atoms with Crippen LogP contribution >= 0.6 is 0 Å². The minimum absolute atomic E-state index is 0.00504. The number of aliphatic hydroxyl groups is 1. The number of hydrogen-bond acceptors (Lipinski definition) is 7. The Hall–Kier alpha value is -4.13. The topological polar surface area (TPSA) is 94.5 Å². The number of methoxy groups -OCH3 is 3. The molecule has 2 N–H and O–H groups in total. The van der Waals surface area contributed by atoms with E-state index < -0.39 is 5.78 Å². The molecule has 0 aliphatic rings. The van der Waals surface area contributed by atoms with E-state index in [9.17, 15) is 15.0 Å². The van der Waals surface area contributed by atoms with Gasteiger partial charge in [-0.2, -0.15) is 0 Å². The first-order chi connectivity index (χ1) is 15.5. The Morgan fingerprint density at radius 2 is 1.56 bits per heavy atom. The molecule has 3 aromatic rings. The molecule has 0 aromatic heterocycles. The lowest BCUT2D eigenvalue weighted by Gasteiger charge is -2.14. The van der Waals surface area contributed by atoms with Crippen molar-refractivity contribution in [2.24, 2.45) is 0 Å². The Morgan fingerprint density at radius 1 is 0.906 bits per heavy atom. The van der Waals surface area contributed by atoms with Crippen molar-refractivity contribution in [1.29, 1.82) is 0 Å². The predicted molar refractivity (Wildman–Crippen MR) is 120 cm³/mol. The third-order valence-electron chi connectivity index (χ3n) is 4.71. The number of carbonyl (C=O) groups excluding carboxylic acids is 1. The van der Waals surface area contributed by atoms with Gasteiger partial charge in [0.25, 0.3) is 0 Å². The zero-order valence-electron chi connectivity index (χ0n) is 18.0. The van der Waals surface area contributed by atoms with Gasteiger partial charge in [-0.15, -0.1) is 0 Å². The van der Waals surface area contributed by atoms with Crippen LogP contribution in [0.3, 0.4) is 0 Å². The monoisotopic (exact) mass is 436 g/mol. The van der Waals surface area contributed by atoms with E-state index in [1.54, 1.807) is 6.07 Å². The summed E-state index contributed by atoms with van der Waals surface area (Å²) in [5.41, 5.74) is 1.24. The summed E-state index contributed by atoms with van der Waals surface area (Å²) < 4.78 is 21.5. The van der Waals surface area contributed by atoms with E-state index in [4.69, 9.17) is 18.9 Å². The largest absolute Gasteiger partial charge is 0.507 e. The number of aliphatic hydroxyl groups excluding tert-OH is 1. The molecule has 166 valence electrons. The molecule has 0 spiro atoms. The molecule has 0 saturated carbocycles. The van der Waals surface area contributed by atoms with Crippen LogP contribution in [0.2, 0.25) is 0 Å². The molecule has 0 saturated heterocycles. The molecule has 3 rings (SSSR count). The molecule has 0 bridgehead atoms. The summed E-state index contributed by atoms with van der Waals surface area (Å²) in [4.78, 5) is 12.8. The Balaban J connectivity index is 1.85. The number of rotatable bonds is 9. The van der Waals surface area contributed by atoms with Crippen LogP contribution in [0.25, 0.3) is 5.76 Å². The van der Waals surface area contributed by atoms with Gasteiger partial charge in [-0.25, -0.2) is 0 Å². The number of ketones is 1. The van der Waals surface area contributed by atoms with E-state index in [1.807, 2.05) is 30.3 Å². The minimum Gasteiger partial charge on any atom is -0.507 e. The first kappa shape index (κ1) is 22.6. The standard InChI is InChI=1S/C25H24O7/c1-29-23-11-17(12-24(30-2)25(23)31-3)21(27)14-22(28)19-13-18(9-10-20(19)26)32-15-16-7-5-4-6-8-16/h4-14,26-27H,15H2,1-3H3/b21-14-. The van der Waals surface area contributed by atoms with Crippen molar-refractivity contribution in [3.8, 4) is 28.7 Å². The van der Waals surface area contributed by atoms with Crippen LogP contribution in [0.15, 0.2) is 66.7 Å². The van der Waals surface area contributed by atoms with E-state index in [-0.39, 0.29) is 22.6 Å². The molecule has 0 fully saturated rings. The van der Waals surface area contributed by atoms with Gasteiger partial charge in [-0.3, -0.25) is 4.79 Å². The number of phenolic OH excluding ortho intramolecular Hbond substituents is 1. The summed E-state index contributed by atoms with van der Waals surface area (Å²) in [7, 11) is 4.37. The van der Waals surface area contributed by atoms with Gasteiger partial charge in [0.05, 0.1) is 26.9 Å². The molecule has 0 aliphatic heterocycles. The summed E-state index contributed by atoms with van der Waals surface area (Å²) >= 11 is 0. The number of phenols is 1. The number of aromatic hydroxyl groups is 1. The van der Waals surface area contributed by atoms with Crippen LogP contribution in [0.4, 0.5) is 0 Å². The number of ether oxygens (including phenoxy) is 4. The maximum absolute atomic E-state index is 12.8. The molecule has 0 unspecified atom stereocenters. The van der Waals surface area contributed by atoms with Crippen LogP contribution < -0.4 is 18.9 Å². The normalized spacial score (nSPS) is 11.0. The summed E-state index contributed by atoms with van der Waals surface area (Å²) in [6, 6.07) is 17.0. The van der Waals surface area contributed by atoms with Crippen molar-refractivity contribution in [3.63, 3.8) is 0 Å². The zero-order chi connectivity index (χ0) is 23.1. The lowest BCUT2D eigenvalue weighted by molar-refractivity contribution is 0.104. The Labute approximate surface area is 186 Å². The molecule has 0 radical (unpaired) electrons. The van der Waals surface area contributed by atoms with Gasteiger partial charge in [0, 0.05) is 11.6 Å². The number of carbonyl (C=O) groups is 1. The third-order valence-corrected chi connectivity index (χ3v) is 4.71. The average Bonchev–Trinajstić information content (AvgIpc) is 2.82. The van der Waals surface area contributed by atoms with Gasteiger partial charge in [0.2, 0.25) is 5.75 Å². The zero-order valence-corrected chi connectivity index (χ0v) is 18.0. The first-order valence-electron chi connectivity index (χ1n) is 9.72. The minimum atomic E-state index is -0.598. The van der Waals surface area contributed by atoms with Gasteiger partial charge >= 0.3 is 0 Å². The Kier molecular flexibility index (Phi) is 7.23. The van der Waals surface area contributed by atoms with Gasteiger partial charge in [0.1, 0.15) is 23.9 Å². The molecule has 7 heteroatoms. The fourth-order valence-electron chi connectivity index (χ4n) is 3.06. The lowest BCUT2D eigenvalue weighted by atomic mass is 10.1. The van der Waals surface area contributed by atoms with Crippen LogP contribution in [0, 0.1) is 0 Å². The maximum atomic E-state index is 12.8. The van der Waals surface area contributed by atoms with E-state index in [0.29, 0.717) is 29.6 Å². The summed E-state index contributed by atoms with van der Waals surface area (Å²) in [5, 5.41) is 20.7. The van der Waals surface area contributed by atoms with Crippen LogP contribution in [0.1, 0.15) is 21.5 Å². The van der Waals surface area contributed by atoms with Crippen molar-refractivity contribution >= 4 is 11.5 Å². The maximum Gasteiger partial charge on any atom is 0.203 e. The smallest absolute Gasteiger partial charge is 0.203 e. The van der Waals surface area contributed by atoms with Gasteiger partial charge < -0.3 is 29.2 Å². The van der Waals surface area contributed by atoms with Gasteiger partial charge in [0.15, 0.2) is 17.3 Å². The molecular formula is C25H24O7. The Morgan fingerprint density at radius 3 is 2.16 bits per heavy atom. The van der Waals surface area contributed by atoms with Crippen LogP contribution in [0.5, 0.6) is 28.7 Å². The highest BCUT2D eigenvalue weighted by molar-refractivity contribution is 6.09. The fraction of sp³-hybridized carbons (Fsp3) is 0.160. The third kappa shape index (κ3) is 5.13. The second-order valence-electron chi connectivity index (χ2n) is 6.76. The number of benzene rings is 3.